The van der Waals surface area contributed by atoms with Crippen molar-refractivity contribution in [2.24, 2.45) is 0 Å². The van der Waals surface area contributed by atoms with E-state index in [2.05, 4.69) is 15.9 Å². The van der Waals surface area contributed by atoms with E-state index in [1.54, 1.807) is 12.0 Å². The minimum Gasteiger partial charge on any atom is -0.454 e. The van der Waals surface area contributed by atoms with Gasteiger partial charge in [0.1, 0.15) is 0 Å². The molecule has 0 saturated heterocycles. The molecule has 2 aromatic carbocycles. The second-order valence-corrected chi connectivity index (χ2v) is 6.62. The number of benzene rings is 2. The van der Waals surface area contributed by atoms with Crippen molar-refractivity contribution in [3.8, 4) is 11.5 Å². The normalized spacial score (nSPS) is 12.2. The van der Waals surface area contributed by atoms with Crippen LogP contribution in [0.4, 0.5) is 0 Å². The molecule has 1 aliphatic rings. The fourth-order valence-electron chi connectivity index (χ4n) is 2.67. The first-order valence-electron chi connectivity index (χ1n) is 8.06. The highest BCUT2D eigenvalue weighted by Crippen LogP contribution is 2.32. The molecule has 132 valence electrons. The molecule has 0 unspecified atom stereocenters. The van der Waals surface area contributed by atoms with Crippen LogP contribution in [0.25, 0.3) is 0 Å². The molecule has 0 saturated carbocycles. The number of rotatable bonds is 7. The third-order valence-corrected chi connectivity index (χ3v) is 4.80. The van der Waals surface area contributed by atoms with Crippen LogP contribution in [0.2, 0.25) is 0 Å². The largest absolute Gasteiger partial charge is 0.454 e. The van der Waals surface area contributed by atoms with Crippen LogP contribution in [0.1, 0.15) is 11.1 Å². The van der Waals surface area contributed by atoms with E-state index in [1.165, 1.54) is 0 Å². The van der Waals surface area contributed by atoms with Crippen molar-refractivity contribution >= 4 is 21.8 Å². The molecule has 1 heterocycles. The van der Waals surface area contributed by atoms with Gasteiger partial charge in [0.15, 0.2) is 11.5 Å². The van der Waals surface area contributed by atoms with Gasteiger partial charge in [-0.15, -0.1) is 0 Å². The standard InChI is InChI=1S/C19H20BrNO4/c1-23-9-8-21(19(22)11-15-4-2-3-5-16(15)20)12-14-6-7-17-18(10-14)25-13-24-17/h2-7,10H,8-9,11-13H2,1H3. The van der Waals surface area contributed by atoms with Gasteiger partial charge in [-0.05, 0) is 29.3 Å². The summed E-state index contributed by atoms with van der Waals surface area (Å²) in [6.45, 7) is 1.77. The van der Waals surface area contributed by atoms with Gasteiger partial charge < -0.3 is 19.1 Å². The monoisotopic (exact) mass is 405 g/mol. The van der Waals surface area contributed by atoms with Crippen LogP contribution in [0.5, 0.6) is 11.5 Å². The van der Waals surface area contributed by atoms with E-state index in [4.69, 9.17) is 14.2 Å². The lowest BCUT2D eigenvalue weighted by atomic mass is 10.1. The first-order chi connectivity index (χ1) is 12.2. The Balaban J connectivity index is 1.72. The van der Waals surface area contributed by atoms with Crippen molar-refractivity contribution in [1.82, 2.24) is 4.90 Å². The number of hydrogen-bond donors (Lipinski definition) is 0. The zero-order chi connectivity index (χ0) is 17.6. The smallest absolute Gasteiger partial charge is 0.231 e. The summed E-state index contributed by atoms with van der Waals surface area (Å²) < 4.78 is 16.9. The Morgan fingerprint density at radius 1 is 1.20 bits per heavy atom. The van der Waals surface area contributed by atoms with Gasteiger partial charge in [-0.25, -0.2) is 0 Å². The summed E-state index contributed by atoms with van der Waals surface area (Å²) in [6.07, 6.45) is 0.343. The van der Waals surface area contributed by atoms with Crippen molar-refractivity contribution in [1.29, 1.82) is 0 Å². The number of methoxy groups -OCH3 is 1. The van der Waals surface area contributed by atoms with E-state index >= 15 is 0 Å². The molecule has 0 spiro atoms. The van der Waals surface area contributed by atoms with Crippen LogP contribution in [0, 0.1) is 0 Å². The van der Waals surface area contributed by atoms with E-state index in [1.807, 2.05) is 42.5 Å². The van der Waals surface area contributed by atoms with Gasteiger partial charge in [-0.2, -0.15) is 0 Å². The topological polar surface area (TPSA) is 48.0 Å². The number of carbonyl (C=O) groups is 1. The zero-order valence-corrected chi connectivity index (χ0v) is 15.6. The molecule has 1 aliphatic heterocycles. The molecule has 1 amide bonds. The molecule has 0 atom stereocenters. The first kappa shape index (κ1) is 17.8. The Bertz CT molecular complexity index is 750. The first-order valence-corrected chi connectivity index (χ1v) is 8.85. The quantitative estimate of drug-likeness (QED) is 0.708. The maximum atomic E-state index is 12.8. The second-order valence-electron chi connectivity index (χ2n) is 5.76. The Morgan fingerprint density at radius 2 is 2.00 bits per heavy atom. The van der Waals surface area contributed by atoms with E-state index in [0.29, 0.717) is 26.1 Å². The van der Waals surface area contributed by atoms with Crippen molar-refractivity contribution in [2.45, 2.75) is 13.0 Å². The number of hydrogen-bond acceptors (Lipinski definition) is 4. The van der Waals surface area contributed by atoms with Gasteiger partial charge in [0, 0.05) is 24.7 Å². The summed E-state index contributed by atoms with van der Waals surface area (Å²) in [5.74, 6) is 1.52. The third kappa shape index (κ3) is 4.52. The number of halogens is 1. The van der Waals surface area contributed by atoms with Crippen LogP contribution in [-0.4, -0.2) is 37.9 Å². The average molecular weight is 406 g/mol. The van der Waals surface area contributed by atoms with Gasteiger partial charge >= 0.3 is 0 Å². The van der Waals surface area contributed by atoms with Crippen LogP contribution in [0.15, 0.2) is 46.9 Å². The number of carbonyl (C=O) groups excluding carboxylic acids is 1. The SMILES string of the molecule is COCCN(Cc1ccc2c(c1)OCO2)C(=O)Cc1ccccc1Br. The van der Waals surface area contributed by atoms with Crippen molar-refractivity contribution in [2.75, 3.05) is 27.1 Å². The Hall–Kier alpha value is -2.05. The average Bonchev–Trinajstić information content (AvgIpc) is 3.08. The molecule has 5 nitrogen and oxygen atoms in total. The van der Waals surface area contributed by atoms with Crippen LogP contribution < -0.4 is 9.47 Å². The maximum absolute atomic E-state index is 12.8. The molecule has 2 aromatic rings. The predicted molar refractivity (Wildman–Crippen MR) is 97.7 cm³/mol. The third-order valence-electron chi connectivity index (χ3n) is 4.03. The summed E-state index contributed by atoms with van der Waals surface area (Å²) in [7, 11) is 1.64. The molecular weight excluding hydrogens is 386 g/mol. The number of amides is 1. The summed E-state index contributed by atoms with van der Waals surface area (Å²) in [4.78, 5) is 14.6. The van der Waals surface area contributed by atoms with E-state index < -0.39 is 0 Å². The molecule has 0 N–H and O–H groups in total. The number of ether oxygens (including phenoxy) is 3. The minimum atomic E-state index is 0.0571. The second kappa shape index (κ2) is 8.36. The van der Waals surface area contributed by atoms with Crippen LogP contribution >= 0.6 is 15.9 Å². The number of nitrogens with zero attached hydrogens (tertiary/aromatic N) is 1. The Kier molecular flexibility index (Phi) is 5.94. The molecule has 0 fully saturated rings. The van der Waals surface area contributed by atoms with E-state index in [0.717, 1.165) is 27.1 Å². The highest BCUT2D eigenvalue weighted by molar-refractivity contribution is 9.10. The molecule has 0 aromatic heterocycles. The Labute approximate surface area is 155 Å². The van der Waals surface area contributed by atoms with E-state index in [9.17, 15) is 4.79 Å². The summed E-state index contributed by atoms with van der Waals surface area (Å²) in [5, 5.41) is 0. The molecular formula is C19H20BrNO4. The van der Waals surface area contributed by atoms with Crippen molar-refractivity contribution in [3.63, 3.8) is 0 Å². The maximum Gasteiger partial charge on any atom is 0.231 e. The summed E-state index contributed by atoms with van der Waals surface area (Å²) >= 11 is 3.50. The van der Waals surface area contributed by atoms with Crippen molar-refractivity contribution in [3.05, 3.63) is 58.1 Å². The minimum absolute atomic E-state index is 0.0571. The Morgan fingerprint density at radius 3 is 2.80 bits per heavy atom. The highest BCUT2D eigenvalue weighted by atomic mass is 79.9. The van der Waals surface area contributed by atoms with Gasteiger partial charge in [-0.1, -0.05) is 40.2 Å². The summed E-state index contributed by atoms with van der Waals surface area (Å²) in [6, 6.07) is 13.5. The number of fused-ring (bicyclic) bond motifs is 1. The molecule has 0 aliphatic carbocycles. The molecule has 3 rings (SSSR count). The van der Waals surface area contributed by atoms with Crippen LogP contribution in [-0.2, 0) is 22.5 Å². The lowest BCUT2D eigenvalue weighted by molar-refractivity contribution is -0.131. The van der Waals surface area contributed by atoms with Gasteiger partial charge in [0.05, 0.1) is 13.0 Å². The van der Waals surface area contributed by atoms with Gasteiger partial charge in [0.25, 0.3) is 0 Å². The highest BCUT2D eigenvalue weighted by Gasteiger charge is 2.18. The molecule has 0 bridgehead atoms. The van der Waals surface area contributed by atoms with Gasteiger partial charge in [-0.3, -0.25) is 4.79 Å². The zero-order valence-electron chi connectivity index (χ0n) is 14.0. The fourth-order valence-corrected chi connectivity index (χ4v) is 3.09. The molecule has 6 heteroatoms. The summed E-state index contributed by atoms with van der Waals surface area (Å²) in [5.41, 5.74) is 1.97. The van der Waals surface area contributed by atoms with E-state index in [-0.39, 0.29) is 12.7 Å². The molecule has 25 heavy (non-hydrogen) atoms. The predicted octanol–water partition coefficient (Wildman–Crippen LogP) is 3.40. The lowest BCUT2D eigenvalue weighted by Crippen LogP contribution is -2.34. The molecule has 0 radical (unpaired) electrons. The van der Waals surface area contributed by atoms with Crippen molar-refractivity contribution < 1.29 is 19.0 Å². The fraction of sp³-hybridized carbons (Fsp3) is 0.316. The van der Waals surface area contributed by atoms with Crippen LogP contribution in [0.3, 0.4) is 0 Å². The van der Waals surface area contributed by atoms with Gasteiger partial charge in [0.2, 0.25) is 12.7 Å². The lowest BCUT2D eigenvalue weighted by Gasteiger charge is -2.23.